The number of rotatable bonds is 5. The molecule has 0 fully saturated rings. The quantitative estimate of drug-likeness (QED) is 0.631. The van der Waals surface area contributed by atoms with E-state index < -0.39 is 0 Å². The molecular formula is C22H22N4OS. The predicted octanol–water partition coefficient (Wildman–Crippen LogP) is 4.81. The Bertz CT molecular complexity index is 998. The molecule has 1 aliphatic heterocycles. The van der Waals surface area contributed by atoms with Crippen LogP contribution in [0.25, 0.3) is 17.0 Å². The first-order chi connectivity index (χ1) is 13.7. The van der Waals surface area contributed by atoms with Crippen LogP contribution in [0, 0.1) is 0 Å². The van der Waals surface area contributed by atoms with Gasteiger partial charge >= 0.3 is 0 Å². The summed E-state index contributed by atoms with van der Waals surface area (Å²) in [5.41, 5.74) is 4.04. The maximum Gasteiger partial charge on any atom is 0.258 e. The lowest BCUT2D eigenvalue weighted by Crippen LogP contribution is -2.46. The summed E-state index contributed by atoms with van der Waals surface area (Å²) in [6, 6.07) is 19.9. The molecule has 4 rings (SSSR count). The van der Waals surface area contributed by atoms with E-state index in [2.05, 4.69) is 41.4 Å². The van der Waals surface area contributed by atoms with Crippen LogP contribution in [0.3, 0.4) is 0 Å². The molecule has 2 aromatic carbocycles. The fourth-order valence-electron chi connectivity index (χ4n) is 3.48. The molecule has 0 radical (unpaired) electrons. The molecule has 3 aromatic rings. The average molecular weight is 391 g/mol. The highest BCUT2D eigenvalue weighted by atomic mass is 32.1. The van der Waals surface area contributed by atoms with E-state index in [4.69, 9.17) is 21.7 Å². The molecule has 1 N–H and O–H groups in total. The lowest BCUT2D eigenvalue weighted by molar-refractivity contribution is 0.396. The first-order valence-electron chi connectivity index (χ1n) is 9.42. The van der Waals surface area contributed by atoms with Crippen LogP contribution in [-0.2, 0) is 0 Å². The second-order valence-electron chi connectivity index (χ2n) is 6.73. The highest BCUT2D eigenvalue weighted by Gasteiger charge is 2.33. The van der Waals surface area contributed by atoms with Crippen LogP contribution in [0.1, 0.15) is 37.8 Å². The Morgan fingerprint density at radius 2 is 1.75 bits per heavy atom. The van der Waals surface area contributed by atoms with Gasteiger partial charge in [0.25, 0.3) is 5.89 Å². The second-order valence-corrected chi connectivity index (χ2v) is 7.12. The van der Waals surface area contributed by atoms with Crippen molar-refractivity contribution in [3.8, 4) is 11.4 Å². The Hall–Kier alpha value is -2.99. The number of nitrogens with zero attached hydrogens (tertiary/aromatic N) is 3. The minimum atomic E-state index is -0.133. The lowest BCUT2D eigenvalue weighted by atomic mass is 9.95. The van der Waals surface area contributed by atoms with Crippen LogP contribution >= 0.6 is 12.2 Å². The van der Waals surface area contributed by atoms with E-state index >= 15 is 0 Å². The number of hydrogen-bond acceptors (Lipinski definition) is 4. The highest BCUT2D eigenvalue weighted by Crippen LogP contribution is 2.37. The maximum absolute atomic E-state index is 5.71. The van der Waals surface area contributed by atoms with Gasteiger partial charge in [0.2, 0.25) is 5.82 Å². The van der Waals surface area contributed by atoms with Crippen LogP contribution in [0.5, 0.6) is 0 Å². The van der Waals surface area contributed by atoms with Crippen molar-refractivity contribution >= 4 is 22.9 Å². The van der Waals surface area contributed by atoms with Crippen molar-refractivity contribution in [1.29, 1.82) is 0 Å². The zero-order valence-corrected chi connectivity index (χ0v) is 16.7. The maximum atomic E-state index is 5.71. The van der Waals surface area contributed by atoms with Crippen molar-refractivity contribution in [2.24, 2.45) is 0 Å². The van der Waals surface area contributed by atoms with Gasteiger partial charge in [-0.25, -0.2) is 0 Å². The molecule has 0 saturated heterocycles. The van der Waals surface area contributed by atoms with E-state index in [1.807, 2.05) is 48.5 Å². The molecule has 2 heterocycles. The molecule has 1 unspecified atom stereocenters. The van der Waals surface area contributed by atoms with Crippen LogP contribution in [-0.4, -0.2) is 26.7 Å². The molecule has 0 amide bonds. The van der Waals surface area contributed by atoms with Crippen molar-refractivity contribution in [2.75, 3.05) is 6.54 Å². The normalized spacial score (nSPS) is 17.0. The first kappa shape index (κ1) is 18.4. The standard InChI is InChI=1S/C22H22N4OS/c1-3-14-26-15(2)18(19(23-22(26)28)16-10-6-4-7-11-16)21-24-20(25-27-21)17-12-8-5-9-13-17/h4-13,19H,3,14H2,1-2H3,(H,23,28). The fourth-order valence-corrected chi connectivity index (χ4v) is 3.83. The smallest absolute Gasteiger partial charge is 0.258 e. The minimum Gasteiger partial charge on any atom is -0.351 e. The van der Waals surface area contributed by atoms with Gasteiger partial charge in [-0.15, -0.1) is 0 Å². The van der Waals surface area contributed by atoms with E-state index in [0.717, 1.165) is 40.5 Å². The molecule has 142 valence electrons. The fraction of sp³-hybridized carbons (Fsp3) is 0.227. The minimum absolute atomic E-state index is 0.133. The number of benzene rings is 2. The first-order valence-corrected chi connectivity index (χ1v) is 9.83. The van der Waals surface area contributed by atoms with Gasteiger partial charge in [-0.1, -0.05) is 72.7 Å². The summed E-state index contributed by atoms with van der Waals surface area (Å²) < 4.78 is 5.71. The summed E-state index contributed by atoms with van der Waals surface area (Å²) in [5, 5.41) is 8.40. The summed E-state index contributed by atoms with van der Waals surface area (Å²) in [6.45, 7) is 5.04. The monoisotopic (exact) mass is 390 g/mol. The SMILES string of the molecule is CCCN1C(=S)NC(c2ccccc2)C(c2nc(-c3ccccc3)no2)=C1C. The zero-order valence-electron chi connectivity index (χ0n) is 15.9. The van der Waals surface area contributed by atoms with Crippen LogP contribution < -0.4 is 5.32 Å². The van der Waals surface area contributed by atoms with Crippen molar-refractivity contribution in [3.63, 3.8) is 0 Å². The van der Waals surface area contributed by atoms with Gasteiger partial charge in [0.05, 0.1) is 11.6 Å². The number of aromatic nitrogens is 2. The molecule has 28 heavy (non-hydrogen) atoms. The topological polar surface area (TPSA) is 54.2 Å². The van der Waals surface area contributed by atoms with Gasteiger partial charge < -0.3 is 14.7 Å². The Kier molecular flexibility index (Phi) is 5.21. The van der Waals surface area contributed by atoms with Crippen molar-refractivity contribution < 1.29 is 4.52 Å². The van der Waals surface area contributed by atoms with Crippen molar-refractivity contribution in [1.82, 2.24) is 20.4 Å². The summed E-state index contributed by atoms with van der Waals surface area (Å²) in [5.74, 6) is 1.10. The third-order valence-corrected chi connectivity index (χ3v) is 5.20. The Labute approximate surface area is 170 Å². The average Bonchev–Trinajstić information content (AvgIpc) is 3.22. The summed E-state index contributed by atoms with van der Waals surface area (Å²) in [4.78, 5) is 6.81. The van der Waals surface area contributed by atoms with Crippen molar-refractivity contribution in [3.05, 3.63) is 77.8 Å². The molecule has 0 saturated carbocycles. The molecule has 1 aliphatic rings. The van der Waals surface area contributed by atoms with Crippen LogP contribution in [0.2, 0.25) is 0 Å². The van der Waals surface area contributed by atoms with Gasteiger partial charge in [-0.2, -0.15) is 4.98 Å². The Morgan fingerprint density at radius 1 is 1.07 bits per heavy atom. The molecule has 0 bridgehead atoms. The van der Waals surface area contributed by atoms with Crippen molar-refractivity contribution in [2.45, 2.75) is 26.3 Å². The highest BCUT2D eigenvalue weighted by molar-refractivity contribution is 7.80. The molecular weight excluding hydrogens is 368 g/mol. The van der Waals surface area contributed by atoms with Gasteiger partial charge in [0.15, 0.2) is 5.11 Å². The van der Waals surface area contributed by atoms with Crippen LogP contribution in [0.15, 0.2) is 70.9 Å². The number of allylic oxidation sites excluding steroid dienone is 1. The van der Waals surface area contributed by atoms with E-state index in [-0.39, 0.29) is 6.04 Å². The summed E-state index contributed by atoms with van der Waals surface area (Å²) >= 11 is 5.65. The summed E-state index contributed by atoms with van der Waals surface area (Å²) in [7, 11) is 0. The van der Waals surface area contributed by atoms with Gasteiger partial charge in [-0.3, -0.25) is 0 Å². The third-order valence-electron chi connectivity index (χ3n) is 4.86. The predicted molar refractivity (Wildman–Crippen MR) is 114 cm³/mol. The summed E-state index contributed by atoms with van der Waals surface area (Å²) in [6.07, 6.45) is 0.988. The second kappa shape index (κ2) is 7.94. The molecule has 0 aliphatic carbocycles. The molecule has 0 spiro atoms. The number of thiocarbonyl (C=S) groups is 1. The lowest BCUT2D eigenvalue weighted by Gasteiger charge is -2.37. The number of hydrogen-bond donors (Lipinski definition) is 1. The largest absolute Gasteiger partial charge is 0.351 e. The molecule has 5 nitrogen and oxygen atoms in total. The van der Waals surface area contributed by atoms with Gasteiger partial charge in [-0.05, 0) is 31.1 Å². The van der Waals surface area contributed by atoms with Crippen LogP contribution in [0.4, 0.5) is 0 Å². The van der Waals surface area contributed by atoms with E-state index in [9.17, 15) is 0 Å². The van der Waals surface area contributed by atoms with Gasteiger partial charge in [0, 0.05) is 17.8 Å². The van der Waals surface area contributed by atoms with E-state index in [1.165, 1.54) is 0 Å². The van der Waals surface area contributed by atoms with Gasteiger partial charge in [0.1, 0.15) is 0 Å². The Morgan fingerprint density at radius 3 is 2.43 bits per heavy atom. The molecule has 6 heteroatoms. The molecule has 1 aromatic heterocycles. The zero-order chi connectivity index (χ0) is 19.5. The third kappa shape index (κ3) is 3.43. The van der Waals surface area contributed by atoms with E-state index in [1.54, 1.807) is 0 Å². The number of nitrogens with one attached hydrogen (secondary N) is 1. The Balaban J connectivity index is 1.81. The van der Waals surface area contributed by atoms with E-state index in [0.29, 0.717) is 11.7 Å². The molecule has 1 atom stereocenters.